The van der Waals surface area contributed by atoms with Crippen molar-refractivity contribution in [3.63, 3.8) is 0 Å². The predicted molar refractivity (Wildman–Crippen MR) is 113 cm³/mol. The highest BCUT2D eigenvalue weighted by Gasteiger charge is 2.38. The molecule has 3 nitrogen and oxygen atoms in total. The molecule has 5 heteroatoms. The molecule has 24 heavy (non-hydrogen) atoms. The third-order valence-corrected chi connectivity index (χ3v) is 12.5. The highest BCUT2D eigenvalue weighted by atomic mass is 28.4. The predicted octanol–water partition coefficient (Wildman–Crippen LogP) is 5.57. The lowest BCUT2D eigenvalue weighted by atomic mass is 9.95. The molecule has 0 saturated heterocycles. The van der Waals surface area contributed by atoms with Gasteiger partial charge in [0.15, 0.2) is 5.96 Å². The van der Waals surface area contributed by atoms with E-state index in [4.69, 9.17) is 4.99 Å². The van der Waals surface area contributed by atoms with E-state index in [-0.39, 0.29) is 0 Å². The van der Waals surface area contributed by atoms with Crippen molar-refractivity contribution in [2.45, 2.75) is 116 Å². The monoisotopic (exact) mass is 367 g/mol. The molecule has 2 rings (SSSR count). The highest BCUT2D eigenvalue weighted by Crippen LogP contribution is 2.25. The van der Waals surface area contributed by atoms with Crippen LogP contribution in [0.15, 0.2) is 4.99 Å². The molecule has 2 fully saturated rings. The SMILES string of the molecule is C[Si](C)(C)N(C(=NC1CCCCC1)NC1CCCCC1)[Si](C)(C)C. The van der Waals surface area contributed by atoms with E-state index in [9.17, 15) is 0 Å². The second kappa shape index (κ2) is 8.39. The van der Waals surface area contributed by atoms with Crippen LogP contribution in [0.2, 0.25) is 39.3 Å². The van der Waals surface area contributed by atoms with Crippen LogP contribution in [-0.2, 0) is 0 Å². The average molecular weight is 368 g/mol. The normalized spacial score (nSPS) is 22.5. The number of hydrogen-bond acceptors (Lipinski definition) is 1. The zero-order valence-corrected chi connectivity index (χ0v) is 19.1. The smallest absolute Gasteiger partial charge is 0.177 e. The largest absolute Gasteiger partial charge is 0.396 e. The molecule has 0 bridgehead atoms. The molecule has 0 amide bonds. The first-order valence-corrected chi connectivity index (χ1v) is 17.2. The summed E-state index contributed by atoms with van der Waals surface area (Å²) in [5.74, 6) is 1.28. The third kappa shape index (κ3) is 5.90. The summed E-state index contributed by atoms with van der Waals surface area (Å²) in [6.45, 7) is 14.9. The number of guanidine groups is 1. The molecule has 0 aliphatic heterocycles. The van der Waals surface area contributed by atoms with Gasteiger partial charge in [0.2, 0.25) is 0 Å². The molecule has 1 N–H and O–H groups in total. The molecule has 140 valence electrons. The molecular formula is C19H41N3Si2. The van der Waals surface area contributed by atoms with Gasteiger partial charge < -0.3 is 9.55 Å². The molecule has 0 heterocycles. The van der Waals surface area contributed by atoms with Crippen LogP contribution < -0.4 is 5.32 Å². The van der Waals surface area contributed by atoms with Gasteiger partial charge in [-0.1, -0.05) is 77.8 Å². The minimum absolute atomic E-state index is 0.556. The zero-order valence-electron chi connectivity index (χ0n) is 17.1. The van der Waals surface area contributed by atoms with Crippen molar-refractivity contribution in [2.75, 3.05) is 0 Å². The Labute approximate surface area is 152 Å². The fourth-order valence-corrected chi connectivity index (χ4v) is 14.2. The van der Waals surface area contributed by atoms with Gasteiger partial charge in [-0.05, 0) is 25.7 Å². The highest BCUT2D eigenvalue weighted by molar-refractivity contribution is 6.92. The van der Waals surface area contributed by atoms with Crippen LogP contribution in [-0.4, -0.2) is 38.7 Å². The van der Waals surface area contributed by atoms with Crippen LogP contribution in [0.4, 0.5) is 0 Å². The molecule has 0 aromatic carbocycles. The maximum absolute atomic E-state index is 5.36. The van der Waals surface area contributed by atoms with E-state index < -0.39 is 16.5 Å². The Morgan fingerprint density at radius 1 is 0.750 bits per heavy atom. The van der Waals surface area contributed by atoms with Gasteiger partial charge in [-0.2, -0.15) is 0 Å². The Bertz CT molecular complexity index is 397. The number of rotatable bonds is 4. The summed E-state index contributed by atoms with van der Waals surface area (Å²) < 4.78 is 2.81. The third-order valence-electron chi connectivity index (χ3n) is 5.37. The quantitative estimate of drug-likeness (QED) is 0.399. The van der Waals surface area contributed by atoms with Gasteiger partial charge in [-0.25, -0.2) is 0 Å². The van der Waals surface area contributed by atoms with Crippen molar-refractivity contribution in [1.82, 2.24) is 9.55 Å². The Morgan fingerprint density at radius 3 is 1.67 bits per heavy atom. The van der Waals surface area contributed by atoms with Gasteiger partial charge >= 0.3 is 0 Å². The maximum Gasteiger partial charge on any atom is 0.177 e. The minimum Gasteiger partial charge on any atom is -0.396 e. The Hall–Kier alpha value is -0.296. The molecule has 0 spiro atoms. The van der Waals surface area contributed by atoms with Gasteiger partial charge in [0, 0.05) is 6.04 Å². The molecule has 0 aromatic heterocycles. The summed E-state index contributed by atoms with van der Waals surface area (Å²) in [4.78, 5) is 5.36. The molecule has 0 atom stereocenters. The van der Waals surface area contributed by atoms with Gasteiger partial charge in [-0.15, -0.1) is 0 Å². The van der Waals surface area contributed by atoms with E-state index in [0.717, 1.165) is 0 Å². The van der Waals surface area contributed by atoms with Crippen LogP contribution in [0, 0.1) is 0 Å². The summed E-state index contributed by atoms with van der Waals surface area (Å²) in [5.41, 5.74) is 0. The van der Waals surface area contributed by atoms with Gasteiger partial charge in [0.25, 0.3) is 0 Å². The van der Waals surface area contributed by atoms with Crippen molar-refractivity contribution in [1.29, 1.82) is 0 Å². The summed E-state index contributed by atoms with van der Waals surface area (Å²) >= 11 is 0. The number of aliphatic imine (C=N–C) groups is 1. The fraction of sp³-hybridized carbons (Fsp3) is 0.947. The molecule has 0 aromatic rings. The van der Waals surface area contributed by atoms with E-state index in [1.807, 2.05) is 0 Å². The fourth-order valence-electron chi connectivity index (χ4n) is 4.61. The van der Waals surface area contributed by atoms with Gasteiger partial charge in [-0.3, -0.25) is 4.99 Å². The summed E-state index contributed by atoms with van der Waals surface area (Å²) in [6, 6.07) is 1.20. The van der Waals surface area contributed by atoms with E-state index in [1.165, 1.54) is 70.2 Å². The van der Waals surface area contributed by atoms with Crippen molar-refractivity contribution in [3.8, 4) is 0 Å². The van der Waals surface area contributed by atoms with Crippen LogP contribution in [0.3, 0.4) is 0 Å². The summed E-state index contributed by atoms with van der Waals surface area (Å²) in [7, 11) is -2.90. The average Bonchev–Trinajstić information content (AvgIpc) is 2.46. The van der Waals surface area contributed by atoms with E-state index in [0.29, 0.717) is 12.1 Å². The van der Waals surface area contributed by atoms with Crippen LogP contribution in [0.5, 0.6) is 0 Å². The Balaban J connectivity index is 2.26. The lowest BCUT2D eigenvalue weighted by Crippen LogP contribution is -2.66. The second-order valence-corrected chi connectivity index (χ2v) is 19.9. The van der Waals surface area contributed by atoms with E-state index >= 15 is 0 Å². The molecule has 0 radical (unpaired) electrons. The number of nitrogens with zero attached hydrogens (tertiary/aromatic N) is 2. The van der Waals surface area contributed by atoms with E-state index in [2.05, 4.69) is 48.8 Å². The van der Waals surface area contributed by atoms with Crippen molar-refractivity contribution >= 4 is 22.4 Å². The lowest BCUT2D eigenvalue weighted by molar-refractivity contribution is 0.402. The zero-order chi connectivity index (χ0) is 17.8. The van der Waals surface area contributed by atoms with Gasteiger partial charge in [0.05, 0.1) is 6.04 Å². The van der Waals surface area contributed by atoms with Crippen LogP contribution in [0.1, 0.15) is 64.2 Å². The molecular weight excluding hydrogens is 326 g/mol. The first-order chi connectivity index (χ1) is 11.2. The topological polar surface area (TPSA) is 27.6 Å². The molecule has 2 aliphatic rings. The number of hydrogen-bond donors (Lipinski definition) is 1. The second-order valence-electron chi connectivity index (χ2n) is 9.90. The van der Waals surface area contributed by atoms with Crippen molar-refractivity contribution < 1.29 is 0 Å². The Kier molecular flexibility index (Phi) is 7.00. The molecule has 2 saturated carbocycles. The van der Waals surface area contributed by atoms with Crippen molar-refractivity contribution in [3.05, 3.63) is 0 Å². The molecule has 2 aliphatic carbocycles. The summed E-state index contributed by atoms with van der Waals surface area (Å²) in [5, 5.41) is 3.96. The standard InChI is InChI=1S/C19H41N3Si2/c1-23(2,3)22(24(4,5)6)19(20-17-13-9-7-10-14-17)21-18-15-11-8-12-16-18/h17-18H,7-16H2,1-6H3,(H,20,21). The maximum atomic E-state index is 5.36. The molecule has 0 unspecified atom stereocenters. The van der Waals surface area contributed by atoms with Crippen molar-refractivity contribution in [2.24, 2.45) is 4.99 Å². The number of nitrogens with one attached hydrogen (secondary N) is 1. The van der Waals surface area contributed by atoms with Crippen LogP contribution in [0.25, 0.3) is 0 Å². The lowest BCUT2D eigenvalue weighted by Gasteiger charge is -2.47. The first kappa shape index (κ1) is 20.0. The first-order valence-electron chi connectivity index (χ1n) is 10.3. The van der Waals surface area contributed by atoms with Crippen LogP contribution >= 0.6 is 0 Å². The summed E-state index contributed by atoms with van der Waals surface area (Å²) in [6.07, 6.45) is 13.6. The van der Waals surface area contributed by atoms with Gasteiger partial charge in [0.1, 0.15) is 16.5 Å². The van der Waals surface area contributed by atoms with E-state index in [1.54, 1.807) is 0 Å². The Morgan fingerprint density at radius 2 is 1.21 bits per heavy atom. The minimum atomic E-state index is -1.45.